The van der Waals surface area contributed by atoms with E-state index in [1.165, 1.54) is 0 Å². The van der Waals surface area contributed by atoms with Crippen LogP contribution in [0.25, 0.3) is 0 Å². The fraction of sp³-hybridized carbons (Fsp3) is 0.526. The van der Waals surface area contributed by atoms with Crippen molar-refractivity contribution in [2.75, 3.05) is 26.7 Å². The van der Waals surface area contributed by atoms with Gasteiger partial charge < -0.3 is 19.5 Å². The number of methoxy groups -OCH3 is 1. The molecule has 7 heteroatoms. The van der Waals surface area contributed by atoms with Crippen molar-refractivity contribution in [3.8, 4) is 5.75 Å². The number of nitrogens with one attached hydrogen (secondary N) is 1. The molecule has 0 saturated carbocycles. The van der Waals surface area contributed by atoms with E-state index < -0.39 is 0 Å². The Bertz CT molecular complexity index is 763. The van der Waals surface area contributed by atoms with Crippen LogP contribution in [0.1, 0.15) is 36.0 Å². The standard InChI is InChI=1S/C19H25N5O2/c1-26-16-4-2-14(3-5-16)12-18(25)23-9-6-15(7-10-23)19-22-21-17-13-20-8-11-24(17)19/h2-5,15,20H,6-13H2,1H3. The molecule has 2 aliphatic rings. The van der Waals surface area contributed by atoms with Crippen LogP contribution in [-0.2, 0) is 24.3 Å². The molecule has 0 atom stereocenters. The van der Waals surface area contributed by atoms with E-state index in [1.807, 2.05) is 29.2 Å². The lowest BCUT2D eigenvalue weighted by atomic mass is 9.95. The third-order valence-electron chi connectivity index (χ3n) is 5.38. The molecular formula is C19H25N5O2. The fourth-order valence-corrected chi connectivity index (χ4v) is 3.83. The summed E-state index contributed by atoms with van der Waals surface area (Å²) in [4.78, 5) is 14.6. The van der Waals surface area contributed by atoms with E-state index in [2.05, 4.69) is 20.1 Å². The number of likely N-dealkylation sites (tertiary alicyclic amines) is 1. The summed E-state index contributed by atoms with van der Waals surface area (Å²) in [6, 6.07) is 7.72. The molecule has 1 amide bonds. The van der Waals surface area contributed by atoms with Crippen LogP contribution in [0.2, 0.25) is 0 Å². The van der Waals surface area contributed by atoms with Gasteiger partial charge in [0.25, 0.3) is 0 Å². The van der Waals surface area contributed by atoms with Crippen LogP contribution in [0.15, 0.2) is 24.3 Å². The van der Waals surface area contributed by atoms with Crippen LogP contribution in [-0.4, -0.2) is 52.3 Å². The summed E-state index contributed by atoms with van der Waals surface area (Å²) in [5, 5.41) is 12.1. The lowest BCUT2D eigenvalue weighted by molar-refractivity contribution is -0.131. The molecule has 3 heterocycles. The summed E-state index contributed by atoms with van der Waals surface area (Å²) in [6.07, 6.45) is 2.36. The third-order valence-corrected chi connectivity index (χ3v) is 5.38. The van der Waals surface area contributed by atoms with E-state index in [0.717, 1.165) is 68.5 Å². The maximum Gasteiger partial charge on any atom is 0.226 e. The van der Waals surface area contributed by atoms with Crippen molar-refractivity contribution < 1.29 is 9.53 Å². The van der Waals surface area contributed by atoms with Crippen molar-refractivity contribution in [1.29, 1.82) is 0 Å². The Labute approximate surface area is 153 Å². The summed E-state index contributed by atoms with van der Waals surface area (Å²) in [6.45, 7) is 4.29. The van der Waals surface area contributed by atoms with Gasteiger partial charge in [-0.25, -0.2) is 0 Å². The van der Waals surface area contributed by atoms with Gasteiger partial charge in [-0.2, -0.15) is 0 Å². The first-order valence-electron chi connectivity index (χ1n) is 9.28. The molecule has 0 unspecified atom stereocenters. The highest BCUT2D eigenvalue weighted by Gasteiger charge is 2.28. The van der Waals surface area contributed by atoms with Gasteiger partial charge in [-0.3, -0.25) is 4.79 Å². The third kappa shape index (κ3) is 3.44. The number of benzene rings is 1. The van der Waals surface area contributed by atoms with E-state index in [1.54, 1.807) is 7.11 Å². The number of rotatable bonds is 4. The predicted molar refractivity (Wildman–Crippen MR) is 97.0 cm³/mol. The first-order chi connectivity index (χ1) is 12.7. The van der Waals surface area contributed by atoms with Crippen LogP contribution in [0, 0.1) is 0 Å². The SMILES string of the molecule is COc1ccc(CC(=O)N2CCC(c3nnc4n3CCNC4)CC2)cc1. The number of piperidine rings is 1. The number of nitrogens with zero attached hydrogens (tertiary/aromatic N) is 4. The number of fused-ring (bicyclic) bond motifs is 1. The highest BCUT2D eigenvalue weighted by molar-refractivity contribution is 5.78. The topological polar surface area (TPSA) is 72.3 Å². The molecule has 7 nitrogen and oxygen atoms in total. The molecule has 2 aromatic rings. The minimum Gasteiger partial charge on any atom is -0.497 e. The largest absolute Gasteiger partial charge is 0.497 e. The molecule has 0 aliphatic carbocycles. The molecule has 1 saturated heterocycles. The Kier molecular flexibility index (Phi) is 4.88. The van der Waals surface area contributed by atoms with Crippen molar-refractivity contribution in [3.63, 3.8) is 0 Å². The van der Waals surface area contributed by atoms with Gasteiger partial charge in [0.05, 0.1) is 20.1 Å². The van der Waals surface area contributed by atoms with E-state index in [0.29, 0.717) is 12.3 Å². The quantitative estimate of drug-likeness (QED) is 0.896. The summed E-state index contributed by atoms with van der Waals surface area (Å²) in [7, 11) is 1.65. The molecule has 0 bridgehead atoms. The predicted octanol–water partition coefficient (Wildman–Crippen LogP) is 1.34. The van der Waals surface area contributed by atoms with Gasteiger partial charge in [0, 0.05) is 32.1 Å². The van der Waals surface area contributed by atoms with E-state index >= 15 is 0 Å². The smallest absolute Gasteiger partial charge is 0.226 e. The minimum absolute atomic E-state index is 0.195. The molecule has 4 rings (SSSR count). The maximum atomic E-state index is 12.6. The molecule has 138 valence electrons. The van der Waals surface area contributed by atoms with Crippen molar-refractivity contribution in [2.24, 2.45) is 0 Å². The van der Waals surface area contributed by atoms with Crippen LogP contribution < -0.4 is 10.1 Å². The molecule has 1 aromatic carbocycles. The summed E-state index contributed by atoms with van der Waals surface area (Å²) in [5.74, 6) is 3.54. The second-order valence-electron chi connectivity index (χ2n) is 6.98. The Hall–Kier alpha value is -2.41. The summed E-state index contributed by atoms with van der Waals surface area (Å²) in [5.41, 5.74) is 1.02. The number of hydrogen-bond donors (Lipinski definition) is 1. The number of aromatic nitrogens is 3. The van der Waals surface area contributed by atoms with Gasteiger partial charge in [0.1, 0.15) is 17.4 Å². The Morgan fingerprint density at radius 3 is 2.69 bits per heavy atom. The lowest BCUT2D eigenvalue weighted by Crippen LogP contribution is -2.39. The number of ether oxygens (including phenoxy) is 1. The molecular weight excluding hydrogens is 330 g/mol. The van der Waals surface area contributed by atoms with Gasteiger partial charge in [-0.1, -0.05) is 12.1 Å². The second-order valence-corrected chi connectivity index (χ2v) is 6.98. The average Bonchev–Trinajstić information content (AvgIpc) is 3.13. The van der Waals surface area contributed by atoms with Gasteiger partial charge in [0.15, 0.2) is 0 Å². The summed E-state index contributed by atoms with van der Waals surface area (Å²) < 4.78 is 7.42. The summed E-state index contributed by atoms with van der Waals surface area (Å²) >= 11 is 0. The zero-order chi connectivity index (χ0) is 17.9. The molecule has 26 heavy (non-hydrogen) atoms. The fourth-order valence-electron chi connectivity index (χ4n) is 3.83. The van der Waals surface area contributed by atoms with Crippen LogP contribution in [0.5, 0.6) is 5.75 Å². The normalized spacial score (nSPS) is 17.8. The van der Waals surface area contributed by atoms with Crippen molar-refractivity contribution in [3.05, 3.63) is 41.5 Å². The van der Waals surface area contributed by atoms with Crippen LogP contribution >= 0.6 is 0 Å². The molecule has 1 aromatic heterocycles. The molecule has 0 radical (unpaired) electrons. The average molecular weight is 355 g/mol. The highest BCUT2D eigenvalue weighted by Crippen LogP contribution is 2.28. The van der Waals surface area contributed by atoms with Gasteiger partial charge >= 0.3 is 0 Å². The van der Waals surface area contributed by atoms with Crippen molar-refractivity contribution in [2.45, 2.75) is 38.3 Å². The molecule has 1 fully saturated rings. The van der Waals surface area contributed by atoms with Gasteiger partial charge in [-0.05, 0) is 30.5 Å². The lowest BCUT2D eigenvalue weighted by Gasteiger charge is -2.32. The zero-order valence-electron chi connectivity index (χ0n) is 15.1. The van der Waals surface area contributed by atoms with Crippen LogP contribution in [0.3, 0.4) is 0 Å². The number of amides is 1. The Balaban J connectivity index is 1.34. The zero-order valence-corrected chi connectivity index (χ0v) is 15.1. The van der Waals surface area contributed by atoms with E-state index in [-0.39, 0.29) is 5.91 Å². The van der Waals surface area contributed by atoms with E-state index in [9.17, 15) is 4.79 Å². The van der Waals surface area contributed by atoms with Crippen molar-refractivity contribution >= 4 is 5.91 Å². The molecule has 0 spiro atoms. The van der Waals surface area contributed by atoms with E-state index in [4.69, 9.17) is 4.74 Å². The second kappa shape index (κ2) is 7.45. The molecule has 2 aliphatic heterocycles. The van der Waals surface area contributed by atoms with Gasteiger partial charge in [0.2, 0.25) is 5.91 Å². The minimum atomic E-state index is 0.195. The van der Waals surface area contributed by atoms with Crippen LogP contribution in [0.4, 0.5) is 0 Å². The highest BCUT2D eigenvalue weighted by atomic mass is 16.5. The molecule has 1 N–H and O–H groups in total. The number of carbonyl (C=O) groups excluding carboxylic acids is 1. The van der Waals surface area contributed by atoms with Crippen molar-refractivity contribution in [1.82, 2.24) is 25.0 Å². The monoisotopic (exact) mass is 355 g/mol. The number of hydrogen-bond acceptors (Lipinski definition) is 5. The first-order valence-corrected chi connectivity index (χ1v) is 9.28. The van der Waals surface area contributed by atoms with Gasteiger partial charge in [-0.15, -0.1) is 10.2 Å². The first kappa shape index (κ1) is 17.0. The Morgan fingerprint density at radius 1 is 1.19 bits per heavy atom. The Morgan fingerprint density at radius 2 is 1.96 bits per heavy atom. The maximum absolute atomic E-state index is 12.6. The number of carbonyl (C=O) groups is 1.